The molecule has 0 N–H and O–H groups in total. The van der Waals surface area contributed by atoms with Crippen molar-refractivity contribution in [3.63, 3.8) is 0 Å². The Hall–Kier alpha value is -1.66. The van der Waals surface area contributed by atoms with Crippen LogP contribution in [-0.4, -0.2) is 0 Å². The molecule has 2 aliphatic rings. The van der Waals surface area contributed by atoms with E-state index in [0.717, 1.165) is 11.1 Å². The molecular weight excluding hydrogens is 120 g/mol. The highest BCUT2D eigenvalue weighted by Gasteiger charge is 1.97. The minimum atomic E-state index is 1.14. The summed E-state index contributed by atoms with van der Waals surface area (Å²) >= 11 is 0. The molecule has 0 amide bonds. The molecule has 0 unspecified atom stereocenters. The summed E-state index contributed by atoms with van der Waals surface area (Å²) in [5.74, 6) is 0. The third kappa shape index (κ3) is 0.677. The first kappa shape index (κ1) is 5.15. The molecule has 0 saturated heterocycles. The normalized spacial score (nSPS) is 16.8. The molecule has 0 aromatic rings. The Balaban J connectivity index is 2.55. The highest BCUT2D eigenvalue weighted by Crippen LogP contribution is 2.13. The Kier molecular flexibility index (Phi) is 0.998. The topological polar surface area (TPSA) is 0 Å². The van der Waals surface area contributed by atoms with Gasteiger partial charge >= 0.3 is 0 Å². The molecule has 2 aliphatic carbocycles. The van der Waals surface area contributed by atoms with Crippen LogP contribution in [0.2, 0.25) is 0 Å². The van der Waals surface area contributed by atoms with Gasteiger partial charge in [0.2, 0.25) is 0 Å². The first-order valence-electron chi connectivity index (χ1n) is 3.06. The molecule has 10 heavy (non-hydrogen) atoms. The van der Waals surface area contributed by atoms with Crippen LogP contribution in [0.4, 0.5) is 0 Å². The van der Waals surface area contributed by atoms with Crippen molar-refractivity contribution in [2.24, 2.45) is 0 Å². The van der Waals surface area contributed by atoms with E-state index in [2.05, 4.69) is 22.9 Å². The van der Waals surface area contributed by atoms with Gasteiger partial charge in [-0.3, -0.25) is 0 Å². The van der Waals surface area contributed by atoms with Crippen LogP contribution < -0.4 is 0 Å². The average molecular weight is 124 g/mol. The SMILES string of the molecule is C1=C=CC(=C2C=C=C=C2)C=1. The number of hydrogen-bond donors (Lipinski definition) is 0. The number of rotatable bonds is 0. The fraction of sp³-hybridized carbons (Fsp3) is 0. The van der Waals surface area contributed by atoms with E-state index in [1.165, 1.54) is 0 Å². The predicted molar refractivity (Wildman–Crippen MR) is 39.4 cm³/mol. The molecule has 2 rings (SSSR count). The molecule has 0 atom stereocenters. The maximum absolute atomic E-state index is 2.87. The fourth-order valence-electron chi connectivity index (χ4n) is 0.894. The van der Waals surface area contributed by atoms with E-state index < -0.39 is 0 Å². The Morgan fingerprint density at radius 3 is 1.20 bits per heavy atom. The van der Waals surface area contributed by atoms with Crippen molar-refractivity contribution >= 4 is 0 Å². The van der Waals surface area contributed by atoms with E-state index in [1.807, 2.05) is 24.3 Å². The first-order valence-corrected chi connectivity index (χ1v) is 3.06. The summed E-state index contributed by atoms with van der Waals surface area (Å²) in [6.45, 7) is 0. The fourth-order valence-corrected chi connectivity index (χ4v) is 0.894. The molecule has 0 fully saturated rings. The van der Waals surface area contributed by atoms with Gasteiger partial charge in [-0.2, -0.15) is 0 Å². The minimum Gasteiger partial charge on any atom is -0.0696 e. The summed E-state index contributed by atoms with van der Waals surface area (Å²) in [4.78, 5) is 0. The molecule has 0 heteroatoms. The summed E-state index contributed by atoms with van der Waals surface area (Å²) < 4.78 is 0. The smallest absolute Gasteiger partial charge is 0.000369 e. The summed E-state index contributed by atoms with van der Waals surface area (Å²) in [6, 6.07) is 0. The third-order valence-corrected chi connectivity index (χ3v) is 1.41. The summed E-state index contributed by atoms with van der Waals surface area (Å²) in [5.41, 5.74) is 13.7. The van der Waals surface area contributed by atoms with Gasteiger partial charge in [0.25, 0.3) is 0 Å². The number of hydrogen-bond acceptors (Lipinski definition) is 0. The lowest BCUT2D eigenvalue weighted by molar-refractivity contribution is 1.63. The molecule has 0 radical (unpaired) electrons. The van der Waals surface area contributed by atoms with Gasteiger partial charge in [-0.25, -0.2) is 0 Å². The van der Waals surface area contributed by atoms with Crippen LogP contribution in [0.1, 0.15) is 0 Å². The molecule has 0 aromatic heterocycles. The van der Waals surface area contributed by atoms with Gasteiger partial charge in [-0.05, 0) is 35.5 Å². The zero-order chi connectivity index (χ0) is 6.81. The standard InChI is InChI=1S/C10H4/c1-2-6-9(5-1)10-7-3-4-8-10/h5-8H. The summed E-state index contributed by atoms with van der Waals surface area (Å²) in [5, 5.41) is 0. The first-order chi connectivity index (χ1) is 4.97. The van der Waals surface area contributed by atoms with E-state index in [1.54, 1.807) is 0 Å². The predicted octanol–water partition coefficient (Wildman–Crippen LogP) is 2.04. The quantitative estimate of drug-likeness (QED) is 0.433. The van der Waals surface area contributed by atoms with Gasteiger partial charge in [0.1, 0.15) is 0 Å². The Bertz CT molecular complexity index is 315. The van der Waals surface area contributed by atoms with Crippen LogP contribution in [-0.2, 0) is 0 Å². The van der Waals surface area contributed by atoms with Gasteiger partial charge in [-0.1, -0.05) is 22.9 Å². The van der Waals surface area contributed by atoms with Crippen molar-refractivity contribution in [1.29, 1.82) is 0 Å². The lowest BCUT2D eigenvalue weighted by Crippen LogP contribution is -1.73. The lowest BCUT2D eigenvalue weighted by atomic mass is 10.1. The van der Waals surface area contributed by atoms with Crippen molar-refractivity contribution in [3.8, 4) is 0 Å². The highest BCUT2D eigenvalue weighted by molar-refractivity contribution is 5.49. The number of allylic oxidation sites excluding steroid dienone is 6. The minimum absolute atomic E-state index is 1.14. The van der Waals surface area contributed by atoms with Gasteiger partial charge < -0.3 is 0 Å². The van der Waals surface area contributed by atoms with Crippen LogP contribution in [0.5, 0.6) is 0 Å². The second-order valence-electron chi connectivity index (χ2n) is 2.07. The average Bonchev–Trinajstić information content (AvgIpc) is 2.59. The van der Waals surface area contributed by atoms with E-state index >= 15 is 0 Å². The molecule has 0 aromatic carbocycles. The zero-order valence-electron chi connectivity index (χ0n) is 5.31. The van der Waals surface area contributed by atoms with Crippen LogP contribution in [0.15, 0.2) is 58.4 Å². The van der Waals surface area contributed by atoms with E-state index in [9.17, 15) is 0 Å². The highest BCUT2D eigenvalue weighted by atomic mass is 14.0. The Labute approximate surface area is 59.2 Å². The Morgan fingerprint density at radius 2 is 0.900 bits per heavy atom. The van der Waals surface area contributed by atoms with Crippen LogP contribution in [0.25, 0.3) is 0 Å². The molecule has 0 bridgehead atoms. The Morgan fingerprint density at radius 1 is 0.600 bits per heavy atom. The lowest BCUT2D eigenvalue weighted by Gasteiger charge is -1.89. The largest absolute Gasteiger partial charge is 0.0696 e. The molecule has 44 valence electrons. The van der Waals surface area contributed by atoms with E-state index in [0.29, 0.717) is 0 Å². The van der Waals surface area contributed by atoms with Gasteiger partial charge in [0.05, 0.1) is 0 Å². The second-order valence-corrected chi connectivity index (χ2v) is 2.07. The van der Waals surface area contributed by atoms with Gasteiger partial charge in [-0.15, -0.1) is 0 Å². The second kappa shape index (κ2) is 1.94. The maximum Gasteiger partial charge on any atom is -0.000369 e. The van der Waals surface area contributed by atoms with Crippen LogP contribution in [0.3, 0.4) is 0 Å². The van der Waals surface area contributed by atoms with Crippen molar-refractivity contribution in [2.75, 3.05) is 0 Å². The van der Waals surface area contributed by atoms with Crippen molar-refractivity contribution in [3.05, 3.63) is 58.4 Å². The molecule has 0 aliphatic heterocycles. The van der Waals surface area contributed by atoms with Gasteiger partial charge in [0, 0.05) is 0 Å². The zero-order valence-corrected chi connectivity index (χ0v) is 5.31. The van der Waals surface area contributed by atoms with Crippen LogP contribution >= 0.6 is 0 Å². The summed E-state index contributed by atoms with van der Waals surface area (Å²) in [6.07, 6.45) is 7.60. The third-order valence-electron chi connectivity index (χ3n) is 1.41. The van der Waals surface area contributed by atoms with Crippen molar-refractivity contribution in [1.82, 2.24) is 0 Å². The van der Waals surface area contributed by atoms with E-state index in [-0.39, 0.29) is 0 Å². The molecule has 0 heterocycles. The molecule has 0 nitrogen and oxygen atoms in total. The van der Waals surface area contributed by atoms with Crippen molar-refractivity contribution < 1.29 is 0 Å². The summed E-state index contributed by atoms with van der Waals surface area (Å²) in [7, 11) is 0. The van der Waals surface area contributed by atoms with Crippen LogP contribution in [0, 0.1) is 0 Å². The monoisotopic (exact) mass is 124 g/mol. The van der Waals surface area contributed by atoms with Crippen molar-refractivity contribution in [2.45, 2.75) is 0 Å². The van der Waals surface area contributed by atoms with Gasteiger partial charge in [0.15, 0.2) is 0 Å². The molecule has 0 saturated carbocycles. The van der Waals surface area contributed by atoms with E-state index in [4.69, 9.17) is 0 Å². The maximum atomic E-state index is 2.87. The molecule has 0 spiro atoms. The molecular formula is C10H4.